The minimum absolute atomic E-state index is 0.961. The summed E-state index contributed by atoms with van der Waals surface area (Å²) in [5.74, 6) is 6.41. The molecule has 0 bridgehead atoms. The van der Waals surface area contributed by atoms with Gasteiger partial charge in [0.25, 0.3) is 0 Å². The molecule has 0 aliphatic heterocycles. The number of nitrogens with zero attached hydrogens (tertiary/aromatic N) is 2. The van der Waals surface area contributed by atoms with E-state index in [1.807, 2.05) is 59.1 Å². The summed E-state index contributed by atoms with van der Waals surface area (Å²) in [4.78, 5) is 6.83. The fourth-order valence-electron chi connectivity index (χ4n) is 2.25. The Morgan fingerprint density at radius 2 is 1.73 bits per heavy atom. The number of hydrogen-bond donors (Lipinski definition) is 0. The highest BCUT2D eigenvalue weighted by molar-refractivity contribution is 7.16. The van der Waals surface area contributed by atoms with E-state index < -0.39 is 0 Å². The Kier molecular flexibility index (Phi) is 3.23. The molecular weight excluding hydrogens is 288 g/mol. The predicted molar refractivity (Wildman–Crippen MR) is 90.9 cm³/mol. The maximum absolute atomic E-state index is 4.64. The van der Waals surface area contributed by atoms with Gasteiger partial charge in [0.15, 0.2) is 0 Å². The number of aromatic nitrogens is 2. The van der Waals surface area contributed by atoms with Crippen LogP contribution in [0.2, 0.25) is 0 Å². The monoisotopic (exact) mass is 300 g/mol. The SMILES string of the molecule is C(#Cc1ccc(-c2cn3ccccc3n2)s1)c1ccccc1. The molecule has 104 valence electrons. The van der Waals surface area contributed by atoms with Crippen LogP contribution in [-0.2, 0) is 0 Å². The topological polar surface area (TPSA) is 17.3 Å². The molecule has 0 saturated heterocycles. The first-order valence-corrected chi connectivity index (χ1v) is 7.81. The molecule has 3 heteroatoms. The molecule has 0 aliphatic carbocycles. The normalized spacial score (nSPS) is 10.4. The second kappa shape index (κ2) is 5.51. The van der Waals surface area contributed by atoms with Crippen LogP contribution in [0.1, 0.15) is 10.4 Å². The third kappa shape index (κ3) is 2.52. The number of imidazole rings is 1. The average molecular weight is 300 g/mol. The Morgan fingerprint density at radius 1 is 0.864 bits per heavy atom. The summed E-state index contributed by atoms with van der Waals surface area (Å²) < 4.78 is 2.03. The van der Waals surface area contributed by atoms with Gasteiger partial charge in [-0.2, -0.15) is 0 Å². The molecular formula is C19H12N2S. The predicted octanol–water partition coefficient (Wildman–Crippen LogP) is 4.46. The lowest BCUT2D eigenvalue weighted by molar-refractivity contribution is 1.19. The first kappa shape index (κ1) is 12.9. The summed E-state index contributed by atoms with van der Waals surface area (Å²) in [5, 5.41) is 0. The smallest absolute Gasteiger partial charge is 0.137 e. The zero-order valence-electron chi connectivity index (χ0n) is 11.7. The van der Waals surface area contributed by atoms with Gasteiger partial charge in [0.05, 0.1) is 15.4 Å². The Bertz CT molecular complexity index is 951. The van der Waals surface area contributed by atoms with Crippen LogP contribution in [0.5, 0.6) is 0 Å². The minimum Gasteiger partial charge on any atom is -0.306 e. The van der Waals surface area contributed by atoms with Gasteiger partial charge in [-0.05, 0) is 36.4 Å². The Hall–Kier alpha value is -2.83. The van der Waals surface area contributed by atoms with Gasteiger partial charge < -0.3 is 4.40 Å². The van der Waals surface area contributed by atoms with Gasteiger partial charge >= 0.3 is 0 Å². The van der Waals surface area contributed by atoms with Crippen molar-refractivity contribution in [3.05, 3.63) is 83.5 Å². The van der Waals surface area contributed by atoms with Crippen molar-refractivity contribution in [2.45, 2.75) is 0 Å². The number of rotatable bonds is 1. The van der Waals surface area contributed by atoms with Crippen molar-refractivity contribution in [3.63, 3.8) is 0 Å². The van der Waals surface area contributed by atoms with E-state index in [1.54, 1.807) is 11.3 Å². The minimum atomic E-state index is 0.961. The summed E-state index contributed by atoms with van der Waals surface area (Å²) in [6, 6.07) is 20.2. The van der Waals surface area contributed by atoms with Gasteiger partial charge in [0, 0.05) is 18.0 Å². The number of pyridine rings is 1. The molecule has 3 heterocycles. The van der Waals surface area contributed by atoms with Crippen LogP contribution in [0.15, 0.2) is 73.1 Å². The highest BCUT2D eigenvalue weighted by Crippen LogP contribution is 2.27. The zero-order valence-corrected chi connectivity index (χ0v) is 12.5. The quantitative estimate of drug-likeness (QED) is 0.474. The van der Waals surface area contributed by atoms with Gasteiger partial charge in [-0.3, -0.25) is 0 Å². The molecule has 0 atom stereocenters. The first-order valence-electron chi connectivity index (χ1n) is 6.99. The molecule has 0 fully saturated rings. The summed E-state index contributed by atoms with van der Waals surface area (Å²) in [6.45, 7) is 0. The largest absolute Gasteiger partial charge is 0.306 e. The van der Waals surface area contributed by atoms with Gasteiger partial charge in [0.1, 0.15) is 5.65 Å². The molecule has 0 amide bonds. The van der Waals surface area contributed by atoms with Crippen molar-refractivity contribution in [1.29, 1.82) is 0 Å². The third-order valence-electron chi connectivity index (χ3n) is 3.33. The van der Waals surface area contributed by atoms with E-state index in [0.29, 0.717) is 0 Å². The molecule has 2 nitrogen and oxygen atoms in total. The third-order valence-corrected chi connectivity index (χ3v) is 4.35. The molecule has 0 N–H and O–H groups in total. The van der Waals surface area contributed by atoms with Crippen molar-refractivity contribution in [2.75, 3.05) is 0 Å². The summed E-state index contributed by atoms with van der Waals surface area (Å²) in [6.07, 6.45) is 4.06. The molecule has 22 heavy (non-hydrogen) atoms. The van der Waals surface area contributed by atoms with Crippen LogP contribution in [0.25, 0.3) is 16.2 Å². The summed E-state index contributed by atoms with van der Waals surface area (Å²) in [5.41, 5.74) is 2.98. The second-order valence-electron chi connectivity index (χ2n) is 4.87. The van der Waals surface area contributed by atoms with Gasteiger partial charge in [-0.15, -0.1) is 11.3 Å². The number of hydrogen-bond acceptors (Lipinski definition) is 2. The lowest BCUT2D eigenvalue weighted by Crippen LogP contribution is -1.77. The zero-order chi connectivity index (χ0) is 14.8. The van der Waals surface area contributed by atoms with Crippen LogP contribution in [0.3, 0.4) is 0 Å². The van der Waals surface area contributed by atoms with E-state index >= 15 is 0 Å². The van der Waals surface area contributed by atoms with E-state index in [1.165, 1.54) is 0 Å². The molecule has 4 rings (SSSR count). The highest BCUT2D eigenvalue weighted by Gasteiger charge is 2.06. The number of thiophene rings is 1. The molecule has 0 radical (unpaired) electrons. The van der Waals surface area contributed by atoms with Crippen molar-refractivity contribution >= 4 is 17.0 Å². The van der Waals surface area contributed by atoms with Crippen LogP contribution < -0.4 is 0 Å². The molecule has 0 unspecified atom stereocenters. The maximum atomic E-state index is 4.64. The second-order valence-corrected chi connectivity index (χ2v) is 5.96. The molecule has 3 aromatic heterocycles. The van der Waals surface area contributed by atoms with E-state index in [0.717, 1.165) is 26.7 Å². The van der Waals surface area contributed by atoms with Gasteiger partial charge in [-0.1, -0.05) is 36.1 Å². The first-order chi connectivity index (χ1) is 10.9. The van der Waals surface area contributed by atoms with Crippen LogP contribution in [-0.4, -0.2) is 9.38 Å². The lowest BCUT2D eigenvalue weighted by atomic mass is 10.2. The van der Waals surface area contributed by atoms with Gasteiger partial charge in [-0.25, -0.2) is 4.98 Å². The standard InChI is InChI=1S/C19H12N2S/c1-2-6-15(7-3-1)9-10-16-11-12-18(22-16)17-14-21-13-5-4-8-19(21)20-17/h1-8,11-14H. The number of fused-ring (bicyclic) bond motifs is 1. The number of benzene rings is 1. The Morgan fingerprint density at radius 3 is 2.59 bits per heavy atom. The van der Waals surface area contributed by atoms with E-state index in [4.69, 9.17) is 0 Å². The lowest BCUT2D eigenvalue weighted by Gasteiger charge is -1.87. The van der Waals surface area contributed by atoms with E-state index in [-0.39, 0.29) is 0 Å². The fourth-order valence-corrected chi connectivity index (χ4v) is 3.07. The van der Waals surface area contributed by atoms with Crippen LogP contribution >= 0.6 is 11.3 Å². The maximum Gasteiger partial charge on any atom is 0.137 e. The molecule has 0 aliphatic rings. The highest BCUT2D eigenvalue weighted by atomic mass is 32.1. The molecule has 0 saturated carbocycles. The molecule has 0 spiro atoms. The Balaban J connectivity index is 1.65. The molecule has 1 aromatic carbocycles. The van der Waals surface area contributed by atoms with Crippen LogP contribution in [0.4, 0.5) is 0 Å². The van der Waals surface area contributed by atoms with Crippen LogP contribution in [0, 0.1) is 11.8 Å². The van der Waals surface area contributed by atoms with Gasteiger partial charge in [0.2, 0.25) is 0 Å². The molecule has 4 aromatic rings. The summed E-state index contributed by atoms with van der Waals surface area (Å²) >= 11 is 1.67. The van der Waals surface area contributed by atoms with E-state index in [9.17, 15) is 0 Å². The Labute approximate surface area is 132 Å². The van der Waals surface area contributed by atoms with Crippen molar-refractivity contribution in [3.8, 4) is 22.4 Å². The van der Waals surface area contributed by atoms with Crippen molar-refractivity contribution < 1.29 is 0 Å². The van der Waals surface area contributed by atoms with E-state index in [2.05, 4.69) is 35.2 Å². The van der Waals surface area contributed by atoms with Crippen molar-refractivity contribution in [1.82, 2.24) is 9.38 Å². The summed E-state index contributed by atoms with van der Waals surface area (Å²) in [7, 11) is 0. The average Bonchev–Trinajstić information content (AvgIpc) is 3.20. The van der Waals surface area contributed by atoms with Crippen molar-refractivity contribution in [2.24, 2.45) is 0 Å². The fraction of sp³-hybridized carbons (Fsp3) is 0.